The number of carbonyl (C=O) groups is 2. The van der Waals surface area contributed by atoms with Gasteiger partial charge in [-0.25, -0.2) is 15.4 Å². The number of nitrogens with two attached hydrogens (primary N) is 1. The van der Waals surface area contributed by atoms with Crippen molar-refractivity contribution in [3.63, 3.8) is 0 Å². The Balaban J connectivity index is 0.000000463. The van der Waals surface area contributed by atoms with Crippen LogP contribution in [-0.4, -0.2) is 30.6 Å². The van der Waals surface area contributed by atoms with Gasteiger partial charge in [0.15, 0.2) is 6.29 Å². The molecular formula is C15H19N3O5. The highest BCUT2D eigenvalue weighted by Gasteiger charge is 2.07. The minimum absolute atomic E-state index is 0.0538. The van der Waals surface area contributed by atoms with Crippen molar-refractivity contribution in [1.29, 1.82) is 0 Å². The van der Waals surface area contributed by atoms with Crippen LogP contribution in [0.5, 0.6) is 0 Å². The summed E-state index contributed by atoms with van der Waals surface area (Å²) in [4.78, 5) is 33.4. The zero-order chi connectivity index (χ0) is 17.4. The van der Waals surface area contributed by atoms with Crippen molar-refractivity contribution in [3.05, 3.63) is 40.2 Å². The first-order valence-corrected chi connectivity index (χ1v) is 6.94. The lowest BCUT2D eigenvalue weighted by Gasteiger charge is -2.20. The quantitative estimate of drug-likeness (QED) is 0.256. The second kappa shape index (κ2) is 8.54. The van der Waals surface area contributed by atoms with Crippen LogP contribution in [0.2, 0.25) is 0 Å². The molecule has 2 aromatic rings. The predicted octanol–water partition coefficient (Wildman–Crippen LogP) is 1.58. The number of carboxylic acid groups (broad SMARTS) is 1. The molecule has 0 saturated heterocycles. The Kier molecular flexibility index (Phi) is 6.75. The predicted molar refractivity (Wildman–Crippen MR) is 86.8 cm³/mol. The van der Waals surface area contributed by atoms with Crippen LogP contribution in [0, 0.1) is 0 Å². The molecule has 8 heteroatoms. The summed E-state index contributed by atoms with van der Waals surface area (Å²) >= 11 is 0. The molecule has 0 spiro atoms. The smallest absolute Gasteiger partial charge is 0.418 e. The van der Waals surface area contributed by atoms with Gasteiger partial charge in [0.2, 0.25) is 0 Å². The molecule has 0 radical (unpaired) electrons. The van der Waals surface area contributed by atoms with Gasteiger partial charge in [-0.3, -0.25) is 10.2 Å². The van der Waals surface area contributed by atoms with E-state index in [1.165, 1.54) is 5.43 Å². The number of fused-ring (bicyclic) bond motifs is 1. The number of anilines is 1. The average Bonchev–Trinajstić information content (AvgIpc) is 2.55. The molecule has 1 heterocycles. The average molecular weight is 321 g/mol. The van der Waals surface area contributed by atoms with Gasteiger partial charge >= 0.3 is 11.7 Å². The minimum Gasteiger partial charge on any atom is -0.464 e. The Bertz CT molecular complexity index is 737. The van der Waals surface area contributed by atoms with E-state index in [1.807, 2.05) is 18.2 Å². The molecular weight excluding hydrogens is 302 g/mol. The SMILES string of the molecule is CCN(CC)c1ccc2cc(C=O)c(=O)oc2c1.NNC(=O)O. The third kappa shape index (κ3) is 4.82. The molecule has 0 aliphatic carbocycles. The summed E-state index contributed by atoms with van der Waals surface area (Å²) in [5, 5.41) is 8.24. The van der Waals surface area contributed by atoms with E-state index in [-0.39, 0.29) is 5.56 Å². The first-order valence-electron chi connectivity index (χ1n) is 6.94. The standard InChI is InChI=1S/C14H15NO3.CH4N2O2/c1-3-15(4-2)12-6-5-10-7-11(9-16)14(17)18-13(10)8-12;2-3-1(4)5/h5-9H,3-4H2,1-2H3;3H,2H2,(H,4,5). The number of hydrazine groups is 1. The van der Waals surface area contributed by atoms with Crippen LogP contribution in [-0.2, 0) is 0 Å². The lowest BCUT2D eigenvalue weighted by Crippen LogP contribution is -2.27. The zero-order valence-electron chi connectivity index (χ0n) is 12.9. The Hall–Kier alpha value is -2.87. The van der Waals surface area contributed by atoms with Crippen LogP contribution >= 0.6 is 0 Å². The molecule has 23 heavy (non-hydrogen) atoms. The Morgan fingerprint density at radius 3 is 2.43 bits per heavy atom. The molecule has 0 aliphatic heterocycles. The molecule has 0 fully saturated rings. The summed E-state index contributed by atoms with van der Waals surface area (Å²) in [5.41, 5.74) is 2.43. The number of nitrogens with zero attached hydrogens (tertiary/aromatic N) is 1. The van der Waals surface area contributed by atoms with Gasteiger partial charge in [-0.2, -0.15) is 0 Å². The molecule has 0 atom stereocenters. The fraction of sp³-hybridized carbons (Fsp3) is 0.267. The summed E-state index contributed by atoms with van der Waals surface area (Å²) < 4.78 is 5.15. The number of hydrogen-bond acceptors (Lipinski definition) is 6. The molecule has 0 saturated carbocycles. The molecule has 124 valence electrons. The van der Waals surface area contributed by atoms with Crippen LogP contribution in [0.1, 0.15) is 24.2 Å². The number of amides is 1. The minimum atomic E-state index is -1.22. The lowest BCUT2D eigenvalue weighted by molar-refractivity contribution is 0.112. The van der Waals surface area contributed by atoms with Gasteiger partial charge in [-0.05, 0) is 32.0 Å². The number of carbonyl (C=O) groups excluding carboxylic acids is 1. The monoisotopic (exact) mass is 321 g/mol. The van der Waals surface area contributed by atoms with E-state index in [2.05, 4.69) is 24.6 Å². The second-order valence-corrected chi connectivity index (χ2v) is 4.45. The zero-order valence-corrected chi connectivity index (χ0v) is 12.9. The Morgan fingerprint density at radius 1 is 1.35 bits per heavy atom. The first kappa shape index (κ1) is 18.2. The van der Waals surface area contributed by atoms with Crippen LogP contribution in [0.4, 0.5) is 10.5 Å². The molecule has 8 nitrogen and oxygen atoms in total. The lowest BCUT2D eigenvalue weighted by atomic mass is 10.1. The van der Waals surface area contributed by atoms with Crippen LogP contribution in [0.15, 0.2) is 33.5 Å². The van der Waals surface area contributed by atoms with Crippen LogP contribution < -0.4 is 21.8 Å². The van der Waals surface area contributed by atoms with Gasteiger partial charge in [0.25, 0.3) is 0 Å². The van der Waals surface area contributed by atoms with E-state index in [0.717, 1.165) is 24.2 Å². The van der Waals surface area contributed by atoms with Crippen LogP contribution in [0.3, 0.4) is 0 Å². The fourth-order valence-corrected chi connectivity index (χ4v) is 1.98. The molecule has 1 aromatic heterocycles. The third-order valence-electron chi connectivity index (χ3n) is 3.13. The summed E-state index contributed by atoms with van der Waals surface area (Å²) in [6, 6.07) is 7.21. The maximum atomic E-state index is 11.5. The van der Waals surface area contributed by atoms with Crippen molar-refractivity contribution in [2.24, 2.45) is 5.84 Å². The van der Waals surface area contributed by atoms with Gasteiger partial charge in [0, 0.05) is 30.2 Å². The van der Waals surface area contributed by atoms with Gasteiger partial charge in [0.1, 0.15) is 11.1 Å². The summed E-state index contributed by atoms with van der Waals surface area (Å²) in [6.45, 7) is 5.91. The van der Waals surface area contributed by atoms with Crippen LogP contribution in [0.25, 0.3) is 11.0 Å². The van der Waals surface area contributed by atoms with Crippen molar-refractivity contribution in [3.8, 4) is 0 Å². The molecule has 4 N–H and O–H groups in total. The maximum absolute atomic E-state index is 11.5. The van der Waals surface area contributed by atoms with Crippen molar-refractivity contribution in [2.75, 3.05) is 18.0 Å². The maximum Gasteiger partial charge on any atom is 0.418 e. The number of hydrogen-bond donors (Lipinski definition) is 3. The molecule has 2 rings (SSSR count). The van der Waals surface area contributed by atoms with E-state index in [9.17, 15) is 9.59 Å². The number of rotatable bonds is 4. The van der Waals surface area contributed by atoms with Gasteiger partial charge < -0.3 is 14.4 Å². The molecule has 1 amide bonds. The van der Waals surface area contributed by atoms with Gasteiger partial charge in [0.05, 0.1) is 0 Å². The third-order valence-corrected chi connectivity index (χ3v) is 3.13. The normalized spacial score (nSPS) is 9.70. The van der Waals surface area contributed by atoms with Crippen molar-refractivity contribution in [2.45, 2.75) is 13.8 Å². The Labute approximate surface area is 132 Å². The number of aldehydes is 1. The van der Waals surface area contributed by atoms with E-state index in [4.69, 9.17) is 14.3 Å². The molecule has 0 unspecified atom stereocenters. The number of nitrogens with one attached hydrogen (secondary N) is 1. The van der Waals surface area contributed by atoms with Crippen molar-refractivity contribution < 1.29 is 19.1 Å². The highest BCUT2D eigenvalue weighted by Crippen LogP contribution is 2.21. The first-order chi connectivity index (χ1) is 11.0. The molecule has 1 aromatic carbocycles. The highest BCUT2D eigenvalue weighted by molar-refractivity contribution is 5.86. The largest absolute Gasteiger partial charge is 0.464 e. The molecule has 0 aliphatic rings. The van der Waals surface area contributed by atoms with Gasteiger partial charge in [-0.15, -0.1) is 0 Å². The fourth-order valence-electron chi connectivity index (χ4n) is 1.98. The van der Waals surface area contributed by atoms with E-state index < -0.39 is 11.7 Å². The van der Waals surface area contributed by atoms with E-state index in [1.54, 1.807) is 6.07 Å². The molecule has 0 bridgehead atoms. The summed E-state index contributed by atoms with van der Waals surface area (Å²) in [5.74, 6) is 4.32. The van der Waals surface area contributed by atoms with Crippen molar-refractivity contribution >= 4 is 29.0 Å². The van der Waals surface area contributed by atoms with E-state index >= 15 is 0 Å². The van der Waals surface area contributed by atoms with E-state index in [0.29, 0.717) is 11.9 Å². The highest BCUT2D eigenvalue weighted by atomic mass is 16.4. The number of benzene rings is 1. The van der Waals surface area contributed by atoms with Gasteiger partial charge in [-0.1, -0.05) is 0 Å². The second-order valence-electron chi connectivity index (χ2n) is 4.45. The topological polar surface area (TPSA) is 126 Å². The summed E-state index contributed by atoms with van der Waals surface area (Å²) in [7, 11) is 0. The Morgan fingerprint density at radius 2 is 1.96 bits per heavy atom. The summed E-state index contributed by atoms with van der Waals surface area (Å²) in [6.07, 6.45) is -0.700. The van der Waals surface area contributed by atoms with Crippen molar-refractivity contribution in [1.82, 2.24) is 5.43 Å².